The Morgan fingerprint density at radius 1 is 1.12 bits per heavy atom. The van der Waals surface area contributed by atoms with Gasteiger partial charge in [-0.3, -0.25) is 0 Å². The fraction of sp³-hybridized carbons (Fsp3) is 0.350. The molecule has 0 aliphatic carbocycles. The van der Waals surface area contributed by atoms with Crippen molar-refractivity contribution in [2.45, 2.75) is 26.0 Å². The second kappa shape index (κ2) is 8.72. The van der Waals surface area contributed by atoms with Crippen molar-refractivity contribution in [3.8, 4) is 11.5 Å². The average molecular weight is 356 g/mol. The lowest BCUT2D eigenvalue weighted by atomic mass is 10.2. The van der Waals surface area contributed by atoms with Crippen LogP contribution in [0.25, 0.3) is 0 Å². The van der Waals surface area contributed by atoms with Crippen LogP contribution in [-0.4, -0.2) is 35.8 Å². The van der Waals surface area contributed by atoms with Gasteiger partial charge in [-0.05, 0) is 36.3 Å². The van der Waals surface area contributed by atoms with Crippen molar-refractivity contribution in [1.82, 2.24) is 10.2 Å². The molecule has 4 nitrogen and oxygen atoms in total. The molecule has 0 aromatic heterocycles. The van der Waals surface area contributed by atoms with E-state index < -0.39 is 0 Å². The van der Waals surface area contributed by atoms with E-state index in [0.717, 1.165) is 36.1 Å². The minimum atomic E-state index is -0.0297. The molecular weight excluding hydrogens is 332 g/mol. The van der Waals surface area contributed by atoms with E-state index >= 15 is 0 Å². The van der Waals surface area contributed by atoms with E-state index in [4.69, 9.17) is 21.7 Å². The topological polar surface area (TPSA) is 33.7 Å². The minimum Gasteiger partial charge on any atom is -0.486 e. The third kappa shape index (κ3) is 4.86. The van der Waals surface area contributed by atoms with Gasteiger partial charge in [0.1, 0.15) is 6.61 Å². The molecule has 0 saturated carbocycles. The van der Waals surface area contributed by atoms with Crippen molar-refractivity contribution >= 4 is 17.3 Å². The molecule has 25 heavy (non-hydrogen) atoms. The van der Waals surface area contributed by atoms with Crippen LogP contribution in [-0.2, 0) is 6.54 Å². The fourth-order valence-corrected chi connectivity index (χ4v) is 3.07. The summed E-state index contributed by atoms with van der Waals surface area (Å²) in [5.41, 5.74) is 1.22. The molecule has 2 aromatic rings. The summed E-state index contributed by atoms with van der Waals surface area (Å²) in [5.74, 6) is 1.61. The predicted octanol–water partition coefficient (Wildman–Crippen LogP) is 3.61. The van der Waals surface area contributed by atoms with Crippen LogP contribution in [0, 0.1) is 0 Å². The van der Waals surface area contributed by atoms with Crippen LogP contribution in [0.2, 0.25) is 0 Å². The van der Waals surface area contributed by atoms with Crippen LogP contribution >= 0.6 is 12.2 Å². The second-order valence-electron chi connectivity index (χ2n) is 6.09. The van der Waals surface area contributed by atoms with E-state index in [-0.39, 0.29) is 6.10 Å². The number of thiocarbonyl (C=S) groups is 1. The maximum atomic E-state index is 6.07. The van der Waals surface area contributed by atoms with Crippen molar-refractivity contribution in [3.63, 3.8) is 0 Å². The molecule has 0 spiro atoms. The Balaban J connectivity index is 1.56. The van der Waals surface area contributed by atoms with Gasteiger partial charge >= 0.3 is 0 Å². The van der Waals surface area contributed by atoms with Gasteiger partial charge in [0.2, 0.25) is 0 Å². The summed E-state index contributed by atoms with van der Waals surface area (Å²) < 4.78 is 11.9. The first-order valence-electron chi connectivity index (χ1n) is 8.71. The van der Waals surface area contributed by atoms with Gasteiger partial charge in [0.15, 0.2) is 22.7 Å². The van der Waals surface area contributed by atoms with Gasteiger partial charge < -0.3 is 19.7 Å². The summed E-state index contributed by atoms with van der Waals surface area (Å²) in [6.07, 6.45) is 0.995. The molecule has 2 aromatic carbocycles. The first-order chi connectivity index (χ1) is 12.3. The van der Waals surface area contributed by atoms with E-state index in [0.29, 0.717) is 13.2 Å². The maximum Gasteiger partial charge on any atom is 0.169 e. The van der Waals surface area contributed by atoms with Gasteiger partial charge in [0, 0.05) is 13.1 Å². The van der Waals surface area contributed by atoms with Crippen molar-refractivity contribution in [1.29, 1.82) is 0 Å². The smallest absolute Gasteiger partial charge is 0.169 e. The van der Waals surface area contributed by atoms with Crippen molar-refractivity contribution in [2.24, 2.45) is 0 Å². The lowest BCUT2D eigenvalue weighted by Gasteiger charge is -2.32. The Bertz CT molecular complexity index is 693. The highest BCUT2D eigenvalue weighted by Crippen LogP contribution is 2.31. The Kier molecular flexibility index (Phi) is 6.12. The number of benzene rings is 2. The molecule has 0 bridgehead atoms. The average Bonchev–Trinajstić information content (AvgIpc) is 2.66. The number of hydrogen-bond acceptors (Lipinski definition) is 3. The highest BCUT2D eigenvalue weighted by molar-refractivity contribution is 7.80. The van der Waals surface area contributed by atoms with Crippen LogP contribution in [0.4, 0.5) is 0 Å². The molecule has 1 N–H and O–H groups in total. The molecule has 0 saturated heterocycles. The third-order valence-electron chi connectivity index (χ3n) is 4.06. The molecule has 1 aliphatic rings. The zero-order chi connectivity index (χ0) is 17.5. The summed E-state index contributed by atoms with van der Waals surface area (Å²) >= 11 is 5.60. The van der Waals surface area contributed by atoms with E-state index in [1.54, 1.807) is 0 Å². The van der Waals surface area contributed by atoms with E-state index in [1.165, 1.54) is 5.56 Å². The van der Waals surface area contributed by atoms with Crippen LogP contribution in [0.3, 0.4) is 0 Å². The molecule has 1 aliphatic heterocycles. The highest BCUT2D eigenvalue weighted by Gasteiger charge is 2.23. The molecule has 132 valence electrons. The van der Waals surface area contributed by atoms with Gasteiger partial charge in [-0.2, -0.15) is 0 Å². The lowest BCUT2D eigenvalue weighted by molar-refractivity contribution is 0.0740. The highest BCUT2D eigenvalue weighted by atomic mass is 32.1. The second-order valence-corrected chi connectivity index (χ2v) is 6.47. The van der Waals surface area contributed by atoms with Crippen LogP contribution < -0.4 is 14.8 Å². The first kappa shape index (κ1) is 17.5. The molecular formula is C20H24N2O2S. The molecule has 0 fully saturated rings. The maximum absolute atomic E-state index is 6.07. The summed E-state index contributed by atoms with van der Waals surface area (Å²) in [6.45, 7) is 5.02. The van der Waals surface area contributed by atoms with Crippen molar-refractivity contribution < 1.29 is 9.47 Å². The largest absolute Gasteiger partial charge is 0.486 e. The monoisotopic (exact) mass is 356 g/mol. The summed E-state index contributed by atoms with van der Waals surface area (Å²) in [5, 5.41) is 4.11. The number of nitrogens with one attached hydrogen (secondary N) is 1. The fourth-order valence-electron chi connectivity index (χ4n) is 2.83. The van der Waals surface area contributed by atoms with Gasteiger partial charge in [0.05, 0.1) is 6.54 Å². The van der Waals surface area contributed by atoms with E-state index in [9.17, 15) is 0 Å². The summed E-state index contributed by atoms with van der Waals surface area (Å²) in [6, 6.07) is 18.1. The van der Waals surface area contributed by atoms with Gasteiger partial charge in [-0.1, -0.05) is 49.4 Å². The third-order valence-corrected chi connectivity index (χ3v) is 4.46. The first-order valence-corrected chi connectivity index (χ1v) is 9.12. The van der Waals surface area contributed by atoms with Crippen LogP contribution in [0.15, 0.2) is 54.6 Å². The Hall–Kier alpha value is -2.27. The van der Waals surface area contributed by atoms with Gasteiger partial charge in [0.25, 0.3) is 0 Å². The number of nitrogens with zero attached hydrogens (tertiary/aromatic N) is 1. The van der Waals surface area contributed by atoms with E-state index in [2.05, 4.69) is 29.3 Å². The van der Waals surface area contributed by atoms with Crippen molar-refractivity contribution in [2.75, 3.05) is 19.7 Å². The Labute approximate surface area is 154 Å². The summed E-state index contributed by atoms with van der Waals surface area (Å²) in [7, 11) is 0. The van der Waals surface area contributed by atoms with Crippen molar-refractivity contribution in [3.05, 3.63) is 60.2 Å². The number of rotatable bonds is 6. The Morgan fingerprint density at radius 3 is 2.60 bits per heavy atom. The zero-order valence-electron chi connectivity index (χ0n) is 14.5. The van der Waals surface area contributed by atoms with E-state index in [1.807, 2.05) is 42.5 Å². The molecule has 0 unspecified atom stereocenters. The molecule has 0 radical (unpaired) electrons. The molecule has 3 rings (SSSR count). The number of hydrogen-bond donors (Lipinski definition) is 1. The predicted molar refractivity (Wildman–Crippen MR) is 104 cm³/mol. The lowest BCUT2D eigenvalue weighted by Crippen LogP contribution is -2.47. The van der Waals surface area contributed by atoms with Crippen LogP contribution in [0.1, 0.15) is 18.9 Å². The Morgan fingerprint density at radius 2 is 1.84 bits per heavy atom. The number of para-hydroxylation sites is 2. The van der Waals surface area contributed by atoms with Crippen LogP contribution in [0.5, 0.6) is 11.5 Å². The quantitative estimate of drug-likeness (QED) is 0.800. The number of fused-ring (bicyclic) bond motifs is 1. The number of ether oxygens (including phenoxy) is 2. The standard InChI is InChI=1S/C20H24N2O2S/c1-2-12-22(20(25)21-13-16-8-4-3-5-9-16)14-17-15-23-18-10-6-7-11-19(18)24-17/h3-11,17H,2,12-15H2,1H3,(H,21,25)/t17-/m0/s1. The van der Waals surface area contributed by atoms with Gasteiger partial charge in [-0.25, -0.2) is 0 Å². The molecule has 0 amide bonds. The normalized spacial score (nSPS) is 15.5. The SMILES string of the molecule is CCCN(C[C@H]1COc2ccccc2O1)C(=S)NCc1ccccc1. The molecule has 1 heterocycles. The molecule has 5 heteroatoms. The molecule has 1 atom stereocenters. The minimum absolute atomic E-state index is 0.0297. The van der Waals surface area contributed by atoms with Gasteiger partial charge in [-0.15, -0.1) is 0 Å². The summed E-state index contributed by atoms with van der Waals surface area (Å²) in [4.78, 5) is 2.17. The zero-order valence-corrected chi connectivity index (χ0v) is 15.3.